The predicted octanol–water partition coefficient (Wildman–Crippen LogP) is 2.07. The highest BCUT2D eigenvalue weighted by Crippen LogP contribution is 2.07. The number of carbonyl (C=O) groups excluding carboxylic acids is 2. The lowest BCUT2D eigenvalue weighted by atomic mass is 10.0. The van der Waals surface area contributed by atoms with Crippen LogP contribution in [0, 0.1) is 5.92 Å². The Labute approximate surface area is 119 Å². The van der Waals surface area contributed by atoms with E-state index in [2.05, 4.69) is 10.6 Å². The molecule has 5 heteroatoms. The van der Waals surface area contributed by atoms with Crippen molar-refractivity contribution in [1.29, 1.82) is 0 Å². The highest BCUT2D eigenvalue weighted by atomic mass is 16.5. The molecule has 0 heterocycles. The van der Waals surface area contributed by atoms with Gasteiger partial charge in [-0.1, -0.05) is 44.2 Å². The molecule has 0 bridgehead atoms. The van der Waals surface area contributed by atoms with Gasteiger partial charge in [-0.05, 0) is 11.5 Å². The number of hydrogen-bond acceptors (Lipinski definition) is 3. The van der Waals surface area contributed by atoms with Crippen molar-refractivity contribution in [3.05, 3.63) is 35.9 Å². The first-order valence-corrected chi connectivity index (χ1v) is 6.70. The number of nitrogens with one attached hydrogen (secondary N) is 2. The Kier molecular flexibility index (Phi) is 6.56. The summed E-state index contributed by atoms with van der Waals surface area (Å²) in [6.07, 6.45) is -0.259. The Morgan fingerprint density at radius 3 is 2.40 bits per heavy atom. The van der Waals surface area contributed by atoms with E-state index in [-0.39, 0.29) is 30.9 Å². The van der Waals surface area contributed by atoms with Gasteiger partial charge in [-0.2, -0.15) is 0 Å². The number of alkyl carbamates (subject to hydrolysis) is 1. The van der Waals surface area contributed by atoms with Crippen LogP contribution in [0.3, 0.4) is 0 Å². The highest BCUT2D eigenvalue weighted by molar-refractivity contribution is 5.77. The molecule has 0 saturated heterocycles. The quantitative estimate of drug-likeness (QED) is 0.837. The molecule has 0 radical (unpaired) electrons. The number of amides is 2. The summed E-state index contributed by atoms with van der Waals surface area (Å²) < 4.78 is 5.14. The zero-order chi connectivity index (χ0) is 15.0. The standard InChI is InChI=1S/C15H22N2O3/c1-11(2)13(9-14(18)16-3)17-15(19)20-10-12-7-5-4-6-8-12/h4-8,11,13H,9-10H2,1-3H3,(H,16,18)(H,17,19). The topological polar surface area (TPSA) is 67.4 Å². The molecule has 1 atom stereocenters. The van der Waals surface area contributed by atoms with Crippen molar-refractivity contribution in [1.82, 2.24) is 10.6 Å². The van der Waals surface area contributed by atoms with Crippen molar-refractivity contribution in [3.63, 3.8) is 0 Å². The normalized spacial score (nSPS) is 11.8. The molecule has 0 spiro atoms. The summed E-state index contributed by atoms with van der Waals surface area (Å²) in [5.41, 5.74) is 0.926. The van der Waals surface area contributed by atoms with E-state index in [4.69, 9.17) is 4.74 Å². The van der Waals surface area contributed by atoms with Gasteiger partial charge >= 0.3 is 6.09 Å². The molecule has 2 N–H and O–H groups in total. The number of carbonyl (C=O) groups is 2. The van der Waals surface area contributed by atoms with Gasteiger partial charge in [0.15, 0.2) is 0 Å². The molecule has 1 rings (SSSR count). The molecule has 1 aromatic carbocycles. The van der Waals surface area contributed by atoms with Crippen LogP contribution in [0.15, 0.2) is 30.3 Å². The summed E-state index contributed by atoms with van der Waals surface area (Å²) in [5.74, 6) is 0.0450. The van der Waals surface area contributed by atoms with Gasteiger partial charge in [-0.25, -0.2) is 4.79 Å². The summed E-state index contributed by atoms with van der Waals surface area (Å²) in [6.45, 7) is 4.12. The molecule has 20 heavy (non-hydrogen) atoms. The highest BCUT2D eigenvalue weighted by Gasteiger charge is 2.19. The van der Waals surface area contributed by atoms with Crippen LogP contribution in [0.2, 0.25) is 0 Å². The maximum absolute atomic E-state index is 11.7. The van der Waals surface area contributed by atoms with E-state index in [0.29, 0.717) is 0 Å². The Morgan fingerprint density at radius 1 is 1.20 bits per heavy atom. The average Bonchev–Trinajstić information content (AvgIpc) is 2.45. The van der Waals surface area contributed by atoms with Gasteiger partial charge in [0.1, 0.15) is 6.61 Å². The van der Waals surface area contributed by atoms with E-state index < -0.39 is 6.09 Å². The second-order valence-electron chi connectivity index (χ2n) is 4.93. The van der Waals surface area contributed by atoms with Crippen LogP contribution in [0.25, 0.3) is 0 Å². The molecule has 0 aromatic heterocycles. The summed E-state index contributed by atoms with van der Waals surface area (Å²) in [4.78, 5) is 23.1. The van der Waals surface area contributed by atoms with Crippen LogP contribution in [0.1, 0.15) is 25.8 Å². The van der Waals surface area contributed by atoms with Crippen molar-refractivity contribution in [2.75, 3.05) is 7.05 Å². The molecule has 0 aliphatic heterocycles. The summed E-state index contributed by atoms with van der Waals surface area (Å²) in [6, 6.07) is 9.22. The van der Waals surface area contributed by atoms with Gasteiger partial charge in [0, 0.05) is 19.5 Å². The number of hydrogen-bond donors (Lipinski definition) is 2. The third kappa shape index (κ3) is 5.73. The van der Waals surface area contributed by atoms with Gasteiger partial charge < -0.3 is 15.4 Å². The zero-order valence-corrected chi connectivity index (χ0v) is 12.2. The Balaban J connectivity index is 2.44. The molecule has 1 unspecified atom stereocenters. The van der Waals surface area contributed by atoms with Gasteiger partial charge in [0.05, 0.1) is 0 Å². The second-order valence-corrected chi connectivity index (χ2v) is 4.93. The summed E-state index contributed by atoms with van der Waals surface area (Å²) in [5, 5.41) is 5.28. The molecule has 0 saturated carbocycles. The van der Waals surface area contributed by atoms with Crippen LogP contribution in [0.4, 0.5) is 4.79 Å². The van der Waals surface area contributed by atoms with Gasteiger partial charge in [0.2, 0.25) is 5.91 Å². The van der Waals surface area contributed by atoms with Crippen LogP contribution < -0.4 is 10.6 Å². The lowest BCUT2D eigenvalue weighted by Gasteiger charge is -2.21. The predicted molar refractivity (Wildman–Crippen MR) is 77.1 cm³/mol. The van der Waals surface area contributed by atoms with Crippen LogP contribution in [-0.2, 0) is 16.1 Å². The smallest absolute Gasteiger partial charge is 0.407 e. The third-order valence-electron chi connectivity index (χ3n) is 3.00. The maximum atomic E-state index is 11.7. The summed E-state index contributed by atoms with van der Waals surface area (Å²) >= 11 is 0. The number of benzene rings is 1. The van der Waals surface area contributed by atoms with E-state index in [0.717, 1.165) is 5.56 Å². The number of ether oxygens (including phenoxy) is 1. The Bertz CT molecular complexity index is 432. The fourth-order valence-corrected chi connectivity index (χ4v) is 1.67. The average molecular weight is 278 g/mol. The Hall–Kier alpha value is -2.04. The zero-order valence-electron chi connectivity index (χ0n) is 12.2. The second kappa shape index (κ2) is 8.19. The summed E-state index contributed by atoms with van der Waals surface area (Å²) in [7, 11) is 1.58. The minimum Gasteiger partial charge on any atom is -0.445 e. The van der Waals surface area contributed by atoms with Crippen LogP contribution in [-0.4, -0.2) is 25.1 Å². The molecule has 5 nitrogen and oxygen atoms in total. The SMILES string of the molecule is CNC(=O)CC(NC(=O)OCc1ccccc1)C(C)C. The monoisotopic (exact) mass is 278 g/mol. The lowest BCUT2D eigenvalue weighted by molar-refractivity contribution is -0.121. The van der Waals surface area contributed by atoms with Gasteiger partial charge in [-0.3, -0.25) is 4.79 Å². The van der Waals surface area contributed by atoms with E-state index in [1.165, 1.54) is 0 Å². The van der Waals surface area contributed by atoms with Crippen molar-refractivity contribution in [2.24, 2.45) is 5.92 Å². The van der Waals surface area contributed by atoms with Crippen molar-refractivity contribution >= 4 is 12.0 Å². The minimum atomic E-state index is -0.503. The molecule has 110 valence electrons. The van der Waals surface area contributed by atoms with E-state index in [1.807, 2.05) is 44.2 Å². The first kappa shape index (κ1) is 16.0. The molecular formula is C15H22N2O3. The molecule has 1 aromatic rings. The van der Waals surface area contributed by atoms with Crippen LogP contribution >= 0.6 is 0 Å². The molecule has 0 fully saturated rings. The molecule has 0 aliphatic rings. The van der Waals surface area contributed by atoms with Gasteiger partial charge in [-0.15, -0.1) is 0 Å². The molecule has 2 amide bonds. The fourth-order valence-electron chi connectivity index (χ4n) is 1.67. The Morgan fingerprint density at radius 2 is 1.85 bits per heavy atom. The first-order valence-electron chi connectivity index (χ1n) is 6.70. The first-order chi connectivity index (χ1) is 9.52. The van der Waals surface area contributed by atoms with E-state index in [9.17, 15) is 9.59 Å². The largest absolute Gasteiger partial charge is 0.445 e. The minimum absolute atomic E-state index is 0.105. The van der Waals surface area contributed by atoms with Crippen molar-refractivity contribution < 1.29 is 14.3 Å². The van der Waals surface area contributed by atoms with E-state index in [1.54, 1.807) is 7.05 Å². The van der Waals surface area contributed by atoms with Crippen molar-refractivity contribution in [3.8, 4) is 0 Å². The van der Waals surface area contributed by atoms with Crippen molar-refractivity contribution in [2.45, 2.75) is 32.9 Å². The fraction of sp³-hybridized carbons (Fsp3) is 0.467. The third-order valence-corrected chi connectivity index (χ3v) is 3.00. The van der Waals surface area contributed by atoms with E-state index >= 15 is 0 Å². The number of rotatable bonds is 6. The maximum Gasteiger partial charge on any atom is 0.407 e. The lowest BCUT2D eigenvalue weighted by Crippen LogP contribution is -2.42. The molecular weight excluding hydrogens is 256 g/mol. The van der Waals surface area contributed by atoms with Crippen LogP contribution in [0.5, 0.6) is 0 Å². The van der Waals surface area contributed by atoms with Gasteiger partial charge in [0.25, 0.3) is 0 Å². The molecule has 0 aliphatic carbocycles.